The summed E-state index contributed by atoms with van der Waals surface area (Å²) in [6.45, 7) is 2.12. The van der Waals surface area contributed by atoms with Gasteiger partial charge in [-0.3, -0.25) is 4.79 Å². The number of benzene rings is 1. The van der Waals surface area contributed by atoms with Crippen LogP contribution >= 0.6 is 15.9 Å². The van der Waals surface area contributed by atoms with E-state index in [0.29, 0.717) is 11.7 Å². The Labute approximate surface area is 112 Å². The second-order valence-corrected chi connectivity index (χ2v) is 5.46. The van der Waals surface area contributed by atoms with E-state index in [2.05, 4.69) is 34.1 Å². The summed E-state index contributed by atoms with van der Waals surface area (Å²) < 4.78 is 6.28. The molecule has 1 aliphatic rings. The summed E-state index contributed by atoms with van der Waals surface area (Å²) in [4.78, 5) is 11.3. The maximum atomic E-state index is 11.3. The summed E-state index contributed by atoms with van der Waals surface area (Å²) in [5.41, 5.74) is 8.57. The molecule has 1 aliphatic carbocycles. The van der Waals surface area contributed by atoms with Gasteiger partial charge in [-0.25, -0.2) is 0 Å². The van der Waals surface area contributed by atoms with Gasteiger partial charge in [0.25, 0.3) is 5.91 Å². The van der Waals surface area contributed by atoms with Crippen molar-refractivity contribution in [3.05, 3.63) is 39.5 Å². The number of rotatable bonds is 1. The van der Waals surface area contributed by atoms with Gasteiger partial charge < -0.3 is 10.3 Å². The second kappa shape index (κ2) is 3.95. The number of carbonyl (C=O) groups excluding carboxylic acids is 1. The molecule has 0 fully saturated rings. The van der Waals surface area contributed by atoms with Crippen LogP contribution in [0, 0.1) is 0 Å². The average Bonchev–Trinajstić information content (AvgIpc) is 2.72. The molecular weight excluding hydrogens is 296 g/mol. The lowest BCUT2D eigenvalue weighted by Gasteiger charge is -2.21. The first-order valence-corrected chi connectivity index (χ1v) is 6.45. The van der Waals surface area contributed by atoms with Gasteiger partial charge in [0.2, 0.25) is 0 Å². The van der Waals surface area contributed by atoms with Gasteiger partial charge in [-0.05, 0) is 30.0 Å². The predicted molar refractivity (Wildman–Crippen MR) is 70.3 cm³/mol. The number of hydrogen-bond acceptors (Lipinski definition) is 3. The molecule has 2 aromatic rings. The van der Waals surface area contributed by atoms with Gasteiger partial charge in [-0.2, -0.15) is 0 Å². The zero-order chi connectivity index (χ0) is 12.9. The zero-order valence-electron chi connectivity index (χ0n) is 9.74. The third-order valence-corrected chi connectivity index (χ3v) is 3.82. The van der Waals surface area contributed by atoms with Crippen LogP contribution in [-0.2, 0) is 6.42 Å². The number of fused-ring (bicyclic) bond motifs is 3. The van der Waals surface area contributed by atoms with Crippen LogP contribution in [0.3, 0.4) is 0 Å². The van der Waals surface area contributed by atoms with Crippen molar-refractivity contribution in [1.29, 1.82) is 0 Å². The number of carbonyl (C=O) groups is 1. The molecule has 0 bridgehead atoms. The monoisotopic (exact) mass is 306 g/mol. The number of aromatic nitrogens is 1. The Kier molecular flexibility index (Phi) is 2.52. The Morgan fingerprint density at radius 3 is 3.06 bits per heavy atom. The molecule has 92 valence electrons. The van der Waals surface area contributed by atoms with Gasteiger partial charge in [0, 0.05) is 15.6 Å². The number of primary amides is 1. The van der Waals surface area contributed by atoms with Crippen LogP contribution in [0.1, 0.15) is 34.5 Å². The topological polar surface area (TPSA) is 69.1 Å². The third-order valence-electron chi connectivity index (χ3n) is 3.32. The Balaban J connectivity index is 2.27. The van der Waals surface area contributed by atoms with Gasteiger partial charge >= 0.3 is 0 Å². The Morgan fingerprint density at radius 2 is 2.33 bits per heavy atom. The highest BCUT2D eigenvalue weighted by atomic mass is 79.9. The summed E-state index contributed by atoms with van der Waals surface area (Å²) in [5.74, 6) is 0.446. The summed E-state index contributed by atoms with van der Waals surface area (Å²) >= 11 is 3.44. The molecule has 1 aromatic heterocycles. The van der Waals surface area contributed by atoms with E-state index in [1.54, 1.807) is 0 Å². The predicted octanol–water partition coefficient (Wildman–Crippen LogP) is 2.86. The SMILES string of the molecule is C[C@@H]1Cc2c(C(N)=O)noc2-c2cc(Br)ccc21. The van der Waals surface area contributed by atoms with Crippen molar-refractivity contribution in [2.45, 2.75) is 19.3 Å². The fourth-order valence-electron chi connectivity index (χ4n) is 2.47. The first kappa shape index (κ1) is 11.5. The zero-order valence-corrected chi connectivity index (χ0v) is 11.3. The molecule has 2 N–H and O–H groups in total. The smallest absolute Gasteiger partial charge is 0.271 e. The largest absolute Gasteiger partial charge is 0.364 e. The Morgan fingerprint density at radius 1 is 1.56 bits per heavy atom. The first-order valence-electron chi connectivity index (χ1n) is 5.66. The van der Waals surface area contributed by atoms with Crippen molar-refractivity contribution in [2.24, 2.45) is 5.73 Å². The molecule has 18 heavy (non-hydrogen) atoms. The Bertz CT molecular complexity index is 648. The average molecular weight is 307 g/mol. The van der Waals surface area contributed by atoms with E-state index in [0.717, 1.165) is 22.0 Å². The van der Waals surface area contributed by atoms with E-state index < -0.39 is 5.91 Å². The molecule has 0 unspecified atom stereocenters. The van der Waals surface area contributed by atoms with E-state index in [1.807, 2.05) is 12.1 Å². The van der Waals surface area contributed by atoms with Crippen LogP contribution < -0.4 is 5.73 Å². The van der Waals surface area contributed by atoms with Crippen molar-refractivity contribution < 1.29 is 9.32 Å². The quantitative estimate of drug-likeness (QED) is 0.880. The molecule has 5 heteroatoms. The molecule has 0 radical (unpaired) electrons. The van der Waals surface area contributed by atoms with E-state index >= 15 is 0 Å². The molecule has 1 amide bonds. The normalized spacial score (nSPS) is 17.1. The summed E-state index contributed by atoms with van der Waals surface area (Å²) in [5, 5.41) is 3.80. The molecule has 0 aliphatic heterocycles. The highest BCUT2D eigenvalue weighted by Crippen LogP contribution is 2.41. The molecule has 0 spiro atoms. The van der Waals surface area contributed by atoms with Crippen LogP contribution in [0.5, 0.6) is 0 Å². The number of halogens is 1. The minimum absolute atomic E-state index is 0.252. The number of nitrogens with zero attached hydrogens (tertiary/aromatic N) is 1. The third kappa shape index (κ3) is 1.58. The number of hydrogen-bond donors (Lipinski definition) is 1. The molecule has 1 aromatic carbocycles. The highest BCUT2D eigenvalue weighted by molar-refractivity contribution is 9.10. The van der Waals surface area contributed by atoms with Crippen LogP contribution in [0.25, 0.3) is 11.3 Å². The lowest BCUT2D eigenvalue weighted by Crippen LogP contribution is -2.16. The highest BCUT2D eigenvalue weighted by Gasteiger charge is 2.30. The molecule has 0 saturated heterocycles. The van der Waals surface area contributed by atoms with Gasteiger partial charge in [0.1, 0.15) is 0 Å². The van der Waals surface area contributed by atoms with Crippen molar-refractivity contribution in [2.75, 3.05) is 0 Å². The summed E-state index contributed by atoms with van der Waals surface area (Å²) in [6.07, 6.45) is 0.728. The first-order chi connectivity index (χ1) is 8.58. The van der Waals surface area contributed by atoms with E-state index in [1.165, 1.54) is 5.56 Å². The van der Waals surface area contributed by atoms with E-state index in [-0.39, 0.29) is 5.69 Å². The van der Waals surface area contributed by atoms with Crippen molar-refractivity contribution in [1.82, 2.24) is 5.16 Å². The van der Waals surface area contributed by atoms with Crippen molar-refractivity contribution in [3.8, 4) is 11.3 Å². The summed E-state index contributed by atoms with van der Waals surface area (Å²) in [7, 11) is 0. The lowest BCUT2D eigenvalue weighted by molar-refractivity contribution is 0.0991. The fraction of sp³-hybridized carbons (Fsp3) is 0.231. The fourth-order valence-corrected chi connectivity index (χ4v) is 2.84. The van der Waals surface area contributed by atoms with Crippen molar-refractivity contribution >= 4 is 21.8 Å². The van der Waals surface area contributed by atoms with Gasteiger partial charge in [0.05, 0.1) is 0 Å². The van der Waals surface area contributed by atoms with Crippen LogP contribution in [0.4, 0.5) is 0 Å². The summed E-state index contributed by atoms with van der Waals surface area (Å²) in [6, 6.07) is 6.06. The maximum absolute atomic E-state index is 11.3. The minimum atomic E-state index is -0.536. The minimum Gasteiger partial charge on any atom is -0.364 e. The van der Waals surface area contributed by atoms with Gasteiger partial charge in [-0.1, -0.05) is 34.1 Å². The number of amides is 1. The van der Waals surface area contributed by atoms with Crippen LogP contribution in [0.2, 0.25) is 0 Å². The standard InChI is InChI=1S/C13H11BrN2O2/c1-6-4-10-11(13(15)17)16-18-12(10)9-5-7(14)2-3-8(6)9/h2-3,5-6H,4H2,1H3,(H2,15,17)/t6-/m1/s1. The van der Waals surface area contributed by atoms with Crippen molar-refractivity contribution in [3.63, 3.8) is 0 Å². The maximum Gasteiger partial charge on any atom is 0.271 e. The van der Waals surface area contributed by atoms with Gasteiger partial charge in [-0.15, -0.1) is 0 Å². The molecule has 1 heterocycles. The second-order valence-electron chi connectivity index (χ2n) is 4.54. The van der Waals surface area contributed by atoms with E-state index in [9.17, 15) is 4.79 Å². The van der Waals surface area contributed by atoms with E-state index in [4.69, 9.17) is 10.3 Å². The molecule has 1 atom stereocenters. The molecule has 3 rings (SSSR count). The Hall–Kier alpha value is -1.62. The van der Waals surface area contributed by atoms with Crippen LogP contribution in [-0.4, -0.2) is 11.1 Å². The van der Waals surface area contributed by atoms with Gasteiger partial charge in [0.15, 0.2) is 11.5 Å². The molecular formula is C13H11BrN2O2. The lowest BCUT2D eigenvalue weighted by atomic mass is 9.82. The molecule has 0 saturated carbocycles. The van der Waals surface area contributed by atoms with Crippen LogP contribution in [0.15, 0.2) is 27.2 Å². The number of nitrogens with two attached hydrogens (primary N) is 1. The molecule has 4 nitrogen and oxygen atoms in total.